The average Bonchev–Trinajstić information content (AvgIpc) is 2.38. The van der Waals surface area contributed by atoms with E-state index in [4.69, 9.17) is 0 Å². The van der Waals surface area contributed by atoms with Crippen molar-refractivity contribution in [1.82, 2.24) is 4.90 Å². The van der Waals surface area contributed by atoms with Crippen molar-refractivity contribution in [2.75, 3.05) is 13.1 Å². The van der Waals surface area contributed by atoms with Crippen molar-refractivity contribution >= 4 is 21.7 Å². The molecule has 18 heavy (non-hydrogen) atoms. The smallest absolute Gasteiger partial charge is 0.131 e. The Hall–Kier alpha value is -0.670. The summed E-state index contributed by atoms with van der Waals surface area (Å²) in [5, 5.41) is 0. The van der Waals surface area contributed by atoms with Gasteiger partial charge in [0.25, 0.3) is 0 Å². The van der Waals surface area contributed by atoms with E-state index < -0.39 is 0 Å². The van der Waals surface area contributed by atoms with Crippen LogP contribution >= 0.6 is 15.9 Å². The van der Waals surface area contributed by atoms with E-state index in [9.17, 15) is 4.79 Å². The van der Waals surface area contributed by atoms with Gasteiger partial charge in [0.15, 0.2) is 0 Å². The van der Waals surface area contributed by atoms with Gasteiger partial charge >= 0.3 is 0 Å². The first-order chi connectivity index (χ1) is 8.68. The van der Waals surface area contributed by atoms with Crippen molar-refractivity contribution in [2.45, 2.75) is 38.6 Å². The lowest BCUT2D eigenvalue weighted by atomic mass is 9.97. The highest BCUT2D eigenvalue weighted by atomic mass is 79.9. The number of piperidine rings is 1. The van der Waals surface area contributed by atoms with E-state index >= 15 is 0 Å². The molecule has 0 spiro atoms. The predicted molar refractivity (Wildman–Crippen MR) is 77.6 cm³/mol. The number of carbonyl (C=O) groups is 1. The average molecular weight is 310 g/mol. The van der Waals surface area contributed by atoms with Crippen LogP contribution in [0.1, 0.15) is 44.2 Å². The van der Waals surface area contributed by atoms with Gasteiger partial charge in [0.05, 0.1) is 0 Å². The molecule has 1 heterocycles. The Balaban J connectivity index is 2.24. The Morgan fingerprint density at radius 1 is 1.28 bits per heavy atom. The van der Waals surface area contributed by atoms with Crippen LogP contribution in [-0.4, -0.2) is 23.8 Å². The molecule has 1 aromatic carbocycles. The minimum absolute atomic E-state index is 0.235. The maximum atomic E-state index is 11.5. The number of hydrogen-bond donors (Lipinski definition) is 0. The molecular weight excluding hydrogens is 290 g/mol. The van der Waals surface area contributed by atoms with Crippen LogP contribution in [0.5, 0.6) is 0 Å². The van der Waals surface area contributed by atoms with Gasteiger partial charge in [0, 0.05) is 16.9 Å². The van der Waals surface area contributed by atoms with E-state index in [0.717, 1.165) is 17.6 Å². The van der Waals surface area contributed by atoms with E-state index in [0.29, 0.717) is 6.42 Å². The molecule has 1 saturated heterocycles. The summed E-state index contributed by atoms with van der Waals surface area (Å²) in [5.74, 6) is 0.265. The highest BCUT2D eigenvalue weighted by molar-refractivity contribution is 9.10. The molecule has 0 saturated carbocycles. The van der Waals surface area contributed by atoms with Gasteiger partial charge in [0.1, 0.15) is 5.78 Å². The van der Waals surface area contributed by atoms with E-state index in [1.54, 1.807) is 6.92 Å². The maximum absolute atomic E-state index is 11.5. The molecule has 1 unspecified atom stereocenters. The predicted octanol–water partition coefficient (Wildman–Crippen LogP) is 3.96. The lowest BCUT2D eigenvalue weighted by Crippen LogP contribution is -2.34. The zero-order valence-corrected chi connectivity index (χ0v) is 12.4. The summed E-state index contributed by atoms with van der Waals surface area (Å²) in [7, 11) is 0. The van der Waals surface area contributed by atoms with Gasteiger partial charge in [-0.05, 0) is 44.5 Å². The normalized spacial score (nSPS) is 18.6. The third kappa shape index (κ3) is 3.42. The number of carbonyl (C=O) groups excluding carboxylic acids is 1. The van der Waals surface area contributed by atoms with Gasteiger partial charge in [0.2, 0.25) is 0 Å². The van der Waals surface area contributed by atoms with E-state index in [1.807, 2.05) is 6.07 Å². The number of halogens is 1. The summed E-state index contributed by atoms with van der Waals surface area (Å²) >= 11 is 3.62. The minimum atomic E-state index is 0.235. The van der Waals surface area contributed by atoms with Gasteiger partial charge < -0.3 is 0 Å². The number of Topliss-reactive ketones (excluding diaryl/α,β-unsaturated/α-hetero) is 1. The van der Waals surface area contributed by atoms with Crippen molar-refractivity contribution < 1.29 is 4.79 Å². The second kappa shape index (κ2) is 6.48. The summed E-state index contributed by atoms with van der Waals surface area (Å²) in [6.45, 7) is 3.91. The first-order valence-electron chi connectivity index (χ1n) is 6.66. The molecule has 0 N–H and O–H groups in total. The molecule has 2 nitrogen and oxygen atoms in total. The van der Waals surface area contributed by atoms with Crippen LogP contribution in [0.4, 0.5) is 0 Å². The Morgan fingerprint density at radius 2 is 1.94 bits per heavy atom. The molecule has 0 amide bonds. The topological polar surface area (TPSA) is 20.3 Å². The first kappa shape index (κ1) is 13.8. The van der Waals surface area contributed by atoms with Crippen LogP contribution < -0.4 is 0 Å². The SMILES string of the molecule is CC(=O)CC(c1ccccc1Br)N1CCCCC1. The van der Waals surface area contributed by atoms with Crippen molar-refractivity contribution in [3.8, 4) is 0 Å². The summed E-state index contributed by atoms with van der Waals surface area (Å²) in [5.41, 5.74) is 1.25. The van der Waals surface area contributed by atoms with E-state index in [-0.39, 0.29) is 11.8 Å². The monoisotopic (exact) mass is 309 g/mol. The Labute approximate surface area is 117 Å². The third-order valence-electron chi connectivity index (χ3n) is 3.58. The second-order valence-electron chi connectivity index (χ2n) is 5.04. The molecule has 0 aromatic heterocycles. The largest absolute Gasteiger partial charge is 0.300 e. The molecule has 98 valence electrons. The van der Waals surface area contributed by atoms with Crippen LogP contribution in [0, 0.1) is 0 Å². The molecular formula is C15H20BrNO. The van der Waals surface area contributed by atoms with Gasteiger partial charge in [-0.3, -0.25) is 9.69 Å². The number of benzene rings is 1. The summed E-state index contributed by atoms with van der Waals surface area (Å²) in [6, 6.07) is 8.50. The number of likely N-dealkylation sites (tertiary alicyclic amines) is 1. The van der Waals surface area contributed by atoms with Gasteiger partial charge in [-0.2, -0.15) is 0 Å². The molecule has 0 aliphatic carbocycles. The fraction of sp³-hybridized carbons (Fsp3) is 0.533. The van der Waals surface area contributed by atoms with E-state index in [2.05, 4.69) is 39.0 Å². The Morgan fingerprint density at radius 3 is 2.56 bits per heavy atom. The van der Waals surface area contributed by atoms with Crippen molar-refractivity contribution in [3.63, 3.8) is 0 Å². The van der Waals surface area contributed by atoms with Gasteiger partial charge in [-0.1, -0.05) is 40.5 Å². The molecule has 1 fully saturated rings. The third-order valence-corrected chi connectivity index (χ3v) is 4.30. The molecule has 1 aliphatic heterocycles. The molecule has 1 atom stereocenters. The van der Waals surface area contributed by atoms with Gasteiger partial charge in [-0.15, -0.1) is 0 Å². The number of rotatable bonds is 4. The van der Waals surface area contributed by atoms with Crippen LogP contribution in [0.2, 0.25) is 0 Å². The molecule has 0 bridgehead atoms. The quantitative estimate of drug-likeness (QED) is 0.839. The van der Waals surface area contributed by atoms with Crippen LogP contribution in [0.15, 0.2) is 28.7 Å². The fourth-order valence-electron chi connectivity index (χ4n) is 2.68. The molecule has 2 rings (SSSR count). The lowest BCUT2D eigenvalue weighted by molar-refractivity contribution is -0.118. The highest BCUT2D eigenvalue weighted by Crippen LogP contribution is 2.32. The zero-order valence-electron chi connectivity index (χ0n) is 10.9. The van der Waals surface area contributed by atoms with Crippen LogP contribution in [0.3, 0.4) is 0 Å². The molecule has 1 aliphatic rings. The highest BCUT2D eigenvalue weighted by Gasteiger charge is 2.24. The number of nitrogens with zero attached hydrogens (tertiary/aromatic N) is 1. The standard InChI is InChI=1S/C15H20BrNO/c1-12(18)11-15(17-9-5-2-6-10-17)13-7-3-4-8-14(13)16/h3-4,7-8,15H,2,5-6,9-11H2,1H3. The summed E-state index contributed by atoms with van der Waals surface area (Å²) in [4.78, 5) is 14.0. The minimum Gasteiger partial charge on any atom is -0.300 e. The van der Waals surface area contributed by atoms with Crippen molar-refractivity contribution in [1.29, 1.82) is 0 Å². The first-order valence-corrected chi connectivity index (χ1v) is 7.45. The van der Waals surface area contributed by atoms with E-state index in [1.165, 1.54) is 24.8 Å². The Bertz CT molecular complexity index is 413. The summed E-state index contributed by atoms with van der Waals surface area (Å²) < 4.78 is 1.11. The molecule has 3 heteroatoms. The lowest BCUT2D eigenvalue weighted by Gasteiger charge is -2.35. The van der Waals surface area contributed by atoms with Crippen molar-refractivity contribution in [2.24, 2.45) is 0 Å². The fourth-order valence-corrected chi connectivity index (χ4v) is 3.23. The number of hydrogen-bond acceptors (Lipinski definition) is 2. The maximum Gasteiger partial charge on any atom is 0.131 e. The van der Waals surface area contributed by atoms with Gasteiger partial charge in [-0.25, -0.2) is 0 Å². The second-order valence-corrected chi connectivity index (χ2v) is 5.89. The van der Waals surface area contributed by atoms with Crippen LogP contribution in [-0.2, 0) is 4.79 Å². The number of ketones is 1. The molecule has 1 aromatic rings. The summed E-state index contributed by atoms with van der Waals surface area (Å²) in [6.07, 6.45) is 4.43. The molecule has 0 radical (unpaired) electrons. The van der Waals surface area contributed by atoms with Crippen LogP contribution in [0.25, 0.3) is 0 Å². The zero-order chi connectivity index (χ0) is 13.0. The Kier molecular flexibility index (Phi) is 4.95. The van der Waals surface area contributed by atoms with Crippen molar-refractivity contribution in [3.05, 3.63) is 34.3 Å².